The Bertz CT molecular complexity index is 486. The van der Waals surface area contributed by atoms with Gasteiger partial charge in [-0.05, 0) is 24.8 Å². The molecule has 0 saturated heterocycles. The van der Waals surface area contributed by atoms with E-state index >= 15 is 0 Å². The van der Waals surface area contributed by atoms with Gasteiger partial charge in [0.2, 0.25) is 0 Å². The van der Waals surface area contributed by atoms with Crippen LogP contribution in [0.4, 0.5) is 4.79 Å². The number of rotatable bonds is 5. The third-order valence-electron chi connectivity index (χ3n) is 4.02. The largest absolute Gasteiger partial charge is 0.464 e. The molecular weight excluding hydrogens is 242 g/mol. The van der Waals surface area contributed by atoms with Crippen LogP contribution in [-0.2, 0) is 6.42 Å². The van der Waals surface area contributed by atoms with E-state index in [-0.39, 0.29) is 0 Å². The van der Waals surface area contributed by atoms with Gasteiger partial charge in [-0.15, -0.1) is 0 Å². The van der Waals surface area contributed by atoms with E-state index in [1.807, 2.05) is 0 Å². The Morgan fingerprint density at radius 3 is 2.74 bits per heavy atom. The Kier molecular flexibility index (Phi) is 4.77. The molecule has 1 aromatic heterocycles. The SMILES string of the molecule is O=C(O)n1cccc(CCCCC2CCCC2)c1=O. The molecule has 1 heterocycles. The van der Waals surface area contributed by atoms with E-state index in [1.165, 1.54) is 38.3 Å². The van der Waals surface area contributed by atoms with Gasteiger partial charge in [-0.25, -0.2) is 9.36 Å². The Balaban J connectivity index is 1.84. The highest BCUT2D eigenvalue weighted by atomic mass is 16.4. The number of carbonyl (C=O) groups is 1. The fraction of sp³-hybridized carbons (Fsp3) is 0.600. The lowest BCUT2D eigenvalue weighted by Gasteiger charge is -2.08. The van der Waals surface area contributed by atoms with Gasteiger partial charge in [-0.3, -0.25) is 4.79 Å². The summed E-state index contributed by atoms with van der Waals surface area (Å²) in [4.78, 5) is 22.7. The lowest BCUT2D eigenvalue weighted by molar-refractivity contribution is 0.195. The predicted octanol–water partition coefficient (Wildman–Crippen LogP) is 3.28. The van der Waals surface area contributed by atoms with Gasteiger partial charge in [0.05, 0.1) is 0 Å². The zero-order chi connectivity index (χ0) is 13.7. The van der Waals surface area contributed by atoms with Gasteiger partial charge in [0, 0.05) is 11.8 Å². The first kappa shape index (κ1) is 13.8. The van der Waals surface area contributed by atoms with Crippen molar-refractivity contribution in [2.24, 2.45) is 5.92 Å². The molecule has 1 aliphatic rings. The van der Waals surface area contributed by atoms with Crippen molar-refractivity contribution in [2.75, 3.05) is 0 Å². The Labute approximate surface area is 113 Å². The van der Waals surface area contributed by atoms with Crippen molar-refractivity contribution in [2.45, 2.75) is 51.4 Å². The molecule has 0 bridgehead atoms. The van der Waals surface area contributed by atoms with Gasteiger partial charge >= 0.3 is 6.09 Å². The number of aromatic nitrogens is 1. The summed E-state index contributed by atoms with van der Waals surface area (Å²) in [5.74, 6) is 0.881. The maximum atomic E-state index is 11.8. The molecule has 0 radical (unpaired) electrons. The van der Waals surface area contributed by atoms with Crippen LogP contribution >= 0.6 is 0 Å². The minimum Gasteiger partial charge on any atom is -0.464 e. The molecule has 1 N–H and O–H groups in total. The molecule has 104 valence electrons. The number of carboxylic acid groups (broad SMARTS) is 1. The average Bonchev–Trinajstić information content (AvgIpc) is 2.89. The normalized spacial score (nSPS) is 15.8. The molecule has 0 aliphatic heterocycles. The smallest absolute Gasteiger partial charge is 0.418 e. The molecule has 2 rings (SSSR count). The maximum absolute atomic E-state index is 11.8. The quantitative estimate of drug-likeness (QED) is 0.829. The van der Waals surface area contributed by atoms with Crippen molar-refractivity contribution in [3.05, 3.63) is 34.2 Å². The second-order valence-corrected chi connectivity index (χ2v) is 5.39. The standard InChI is InChI=1S/C15H21NO3/c17-14-13(10-5-11-16(14)15(18)19)9-4-3-8-12-6-1-2-7-12/h5,10-12H,1-4,6-9H2,(H,18,19). The molecule has 1 fully saturated rings. The fourth-order valence-electron chi connectivity index (χ4n) is 2.93. The molecule has 1 aliphatic carbocycles. The summed E-state index contributed by atoms with van der Waals surface area (Å²) in [7, 11) is 0. The van der Waals surface area contributed by atoms with Gasteiger partial charge in [0.15, 0.2) is 0 Å². The van der Waals surface area contributed by atoms with Crippen LogP contribution in [0.25, 0.3) is 0 Å². The van der Waals surface area contributed by atoms with Crippen LogP contribution in [0.15, 0.2) is 23.1 Å². The maximum Gasteiger partial charge on any atom is 0.418 e. The Morgan fingerprint density at radius 2 is 2.05 bits per heavy atom. The van der Waals surface area contributed by atoms with Crippen LogP contribution in [0.5, 0.6) is 0 Å². The van der Waals surface area contributed by atoms with Crippen LogP contribution < -0.4 is 5.56 Å². The third-order valence-corrected chi connectivity index (χ3v) is 4.02. The van der Waals surface area contributed by atoms with E-state index in [0.717, 1.165) is 23.3 Å². The molecule has 0 amide bonds. The summed E-state index contributed by atoms with van der Waals surface area (Å²) in [5, 5.41) is 8.87. The summed E-state index contributed by atoms with van der Waals surface area (Å²) in [6.45, 7) is 0. The summed E-state index contributed by atoms with van der Waals surface area (Å²) in [6.07, 6.45) is 9.57. The predicted molar refractivity (Wildman–Crippen MR) is 73.6 cm³/mol. The van der Waals surface area contributed by atoms with E-state index in [0.29, 0.717) is 12.0 Å². The Hall–Kier alpha value is -1.58. The average molecular weight is 263 g/mol. The van der Waals surface area contributed by atoms with Crippen LogP contribution in [0, 0.1) is 5.92 Å². The molecule has 0 aromatic carbocycles. The number of pyridine rings is 1. The molecule has 0 atom stereocenters. The molecule has 1 saturated carbocycles. The highest BCUT2D eigenvalue weighted by molar-refractivity contribution is 5.67. The molecular formula is C15H21NO3. The first-order valence-electron chi connectivity index (χ1n) is 7.12. The van der Waals surface area contributed by atoms with Crippen LogP contribution in [0.1, 0.15) is 50.5 Å². The Morgan fingerprint density at radius 1 is 1.32 bits per heavy atom. The minimum atomic E-state index is -1.21. The van der Waals surface area contributed by atoms with Gasteiger partial charge < -0.3 is 5.11 Å². The van der Waals surface area contributed by atoms with Crippen molar-refractivity contribution in [3.63, 3.8) is 0 Å². The van der Waals surface area contributed by atoms with Gasteiger partial charge in [0.25, 0.3) is 5.56 Å². The zero-order valence-electron chi connectivity index (χ0n) is 11.2. The highest BCUT2D eigenvalue weighted by Gasteiger charge is 2.14. The molecule has 1 aromatic rings. The molecule has 4 nitrogen and oxygen atoms in total. The summed E-state index contributed by atoms with van der Waals surface area (Å²) in [5.41, 5.74) is 0.215. The van der Waals surface area contributed by atoms with E-state index in [4.69, 9.17) is 5.11 Å². The first-order valence-corrected chi connectivity index (χ1v) is 7.12. The summed E-state index contributed by atoms with van der Waals surface area (Å²) >= 11 is 0. The van der Waals surface area contributed by atoms with E-state index in [9.17, 15) is 9.59 Å². The lowest BCUT2D eigenvalue weighted by Crippen LogP contribution is -2.27. The minimum absolute atomic E-state index is 0.393. The molecule has 0 unspecified atom stereocenters. The van der Waals surface area contributed by atoms with Gasteiger partial charge in [-0.1, -0.05) is 44.6 Å². The van der Waals surface area contributed by atoms with Crippen molar-refractivity contribution < 1.29 is 9.90 Å². The van der Waals surface area contributed by atoms with Crippen molar-refractivity contribution in [1.82, 2.24) is 4.57 Å². The van der Waals surface area contributed by atoms with Crippen molar-refractivity contribution in [1.29, 1.82) is 0 Å². The van der Waals surface area contributed by atoms with Crippen LogP contribution in [-0.4, -0.2) is 15.8 Å². The number of hydrogen-bond donors (Lipinski definition) is 1. The first-order chi connectivity index (χ1) is 9.18. The fourth-order valence-corrected chi connectivity index (χ4v) is 2.93. The second kappa shape index (κ2) is 6.55. The van der Waals surface area contributed by atoms with Gasteiger partial charge in [0.1, 0.15) is 0 Å². The van der Waals surface area contributed by atoms with Crippen LogP contribution in [0.2, 0.25) is 0 Å². The summed E-state index contributed by atoms with van der Waals surface area (Å²) in [6, 6.07) is 3.36. The van der Waals surface area contributed by atoms with Crippen molar-refractivity contribution >= 4 is 6.09 Å². The van der Waals surface area contributed by atoms with E-state index < -0.39 is 11.7 Å². The van der Waals surface area contributed by atoms with Crippen molar-refractivity contribution in [3.8, 4) is 0 Å². The van der Waals surface area contributed by atoms with Crippen LogP contribution in [0.3, 0.4) is 0 Å². The van der Waals surface area contributed by atoms with E-state index in [2.05, 4.69) is 0 Å². The topological polar surface area (TPSA) is 59.3 Å². The number of unbranched alkanes of at least 4 members (excludes halogenated alkanes) is 1. The highest BCUT2D eigenvalue weighted by Crippen LogP contribution is 2.29. The lowest BCUT2D eigenvalue weighted by atomic mass is 9.99. The number of aryl methyl sites for hydroxylation is 1. The second-order valence-electron chi connectivity index (χ2n) is 5.39. The monoisotopic (exact) mass is 263 g/mol. The zero-order valence-corrected chi connectivity index (χ0v) is 11.2. The summed E-state index contributed by atoms with van der Waals surface area (Å²) < 4.78 is 0.756. The molecule has 19 heavy (non-hydrogen) atoms. The number of nitrogens with zero attached hydrogens (tertiary/aromatic N) is 1. The van der Waals surface area contributed by atoms with E-state index in [1.54, 1.807) is 12.1 Å². The van der Waals surface area contributed by atoms with Gasteiger partial charge in [-0.2, -0.15) is 0 Å². The molecule has 0 spiro atoms. The number of hydrogen-bond acceptors (Lipinski definition) is 2. The molecule has 4 heteroatoms. The third kappa shape index (κ3) is 3.69.